The van der Waals surface area contributed by atoms with Crippen molar-refractivity contribution in [3.8, 4) is 33.4 Å². The van der Waals surface area contributed by atoms with Gasteiger partial charge in [0.25, 0.3) is 5.91 Å². The van der Waals surface area contributed by atoms with E-state index in [9.17, 15) is 37.6 Å². The number of aromatic nitrogens is 1. The Kier molecular flexibility index (Phi) is 14.8. The third-order valence-electron chi connectivity index (χ3n) is 11.3. The average molecular weight is 938 g/mol. The van der Waals surface area contributed by atoms with Crippen molar-refractivity contribution in [1.82, 2.24) is 20.5 Å². The Hall–Kier alpha value is -6.68. The third kappa shape index (κ3) is 10.9. The Morgan fingerprint density at radius 1 is 0.924 bits per heavy atom. The lowest BCUT2D eigenvalue weighted by molar-refractivity contribution is -0.139. The van der Waals surface area contributed by atoms with Gasteiger partial charge in [-0.25, -0.2) is 0 Å². The number of amides is 4. The predicted octanol–water partition coefficient (Wildman–Crippen LogP) is 7.88. The summed E-state index contributed by atoms with van der Waals surface area (Å²) in [6.07, 6.45) is -0.425. The largest absolute Gasteiger partial charge is 0.494 e. The van der Waals surface area contributed by atoms with Crippen molar-refractivity contribution in [1.29, 1.82) is 5.26 Å². The maximum Gasteiger partial charge on any atom is 0.417 e. The van der Waals surface area contributed by atoms with Gasteiger partial charge >= 0.3 is 6.18 Å². The molecule has 13 nitrogen and oxygen atoms in total. The number of thiazole rings is 1. The van der Waals surface area contributed by atoms with Crippen LogP contribution in [-0.4, -0.2) is 83.1 Å². The summed E-state index contributed by atoms with van der Waals surface area (Å²) in [5.41, 5.74) is 3.12. The molecule has 1 aromatic heterocycles. The molecule has 18 heteroatoms. The molecule has 1 atom stereocenters. The first-order valence-electron chi connectivity index (χ1n) is 21.2. The molecule has 0 saturated carbocycles. The number of nitriles is 1. The number of hydrogen-bond acceptors (Lipinski definition) is 10. The minimum atomic E-state index is -4.80. The Balaban J connectivity index is 0.793. The number of anilines is 2. The molecule has 2 aliphatic heterocycles. The van der Waals surface area contributed by atoms with Crippen molar-refractivity contribution < 1.29 is 41.8 Å². The van der Waals surface area contributed by atoms with Crippen LogP contribution < -0.4 is 25.2 Å². The van der Waals surface area contributed by atoms with E-state index < -0.39 is 40.7 Å². The number of nitrogens with zero attached hydrogens (tertiary/aromatic N) is 5. The zero-order valence-electron chi connectivity index (χ0n) is 36.1. The van der Waals surface area contributed by atoms with Gasteiger partial charge in [-0.05, 0) is 116 Å². The van der Waals surface area contributed by atoms with E-state index in [-0.39, 0.29) is 35.8 Å². The van der Waals surface area contributed by atoms with Crippen LogP contribution in [0.3, 0.4) is 0 Å². The van der Waals surface area contributed by atoms with E-state index in [1.165, 1.54) is 11.0 Å². The molecule has 0 radical (unpaired) electrons. The molecule has 0 aliphatic carbocycles. The lowest BCUT2D eigenvalue weighted by Crippen LogP contribution is -2.49. The molecule has 2 fully saturated rings. The second kappa shape index (κ2) is 20.7. The molecule has 5 aromatic rings. The Morgan fingerprint density at radius 3 is 2.26 bits per heavy atom. The number of rotatable bonds is 17. The summed E-state index contributed by atoms with van der Waals surface area (Å²) >= 11 is 7.21. The van der Waals surface area contributed by atoms with Crippen LogP contribution in [0.4, 0.5) is 24.5 Å². The standard InChI is InChI=1S/C48H46F3N7O6S2/c1-47(2)45(62)57(37-18-13-35(25-52)39(24-37)48(49,50)51)46(65)58(47)36-16-11-32(12-17-36)33-14-19-38(20-15-33)64-23-4-3-22-63-29-42(59)54-28-43(60)56-21-5-6-40(56)44(61)55-26-31-7-9-34(10-8-31)41-27-53-30-66-41/h7-20,24,27,30,40H,3-6,21-23,26,28-29H2,1-2H3,(H,54,59)(H,55,61)/t40-/m0/s1. The van der Waals surface area contributed by atoms with Crippen molar-refractivity contribution in [3.05, 3.63) is 119 Å². The number of benzene rings is 4. The number of likely N-dealkylation sites (tertiary alicyclic amines) is 1. The predicted molar refractivity (Wildman–Crippen MR) is 247 cm³/mol. The summed E-state index contributed by atoms with van der Waals surface area (Å²) < 4.78 is 52.6. The molecule has 4 amide bonds. The highest BCUT2D eigenvalue weighted by Crippen LogP contribution is 2.40. The van der Waals surface area contributed by atoms with Crippen molar-refractivity contribution in [2.75, 3.05) is 42.7 Å². The van der Waals surface area contributed by atoms with Gasteiger partial charge in [0, 0.05) is 31.6 Å². The summed E-state index contributed by atoms with van der Waals surface area (Å²) in [6.45, 7) is 4.38. The summed E-state index contributed by atoms with van der Waals surface area (Å²) in [6, 6.07) is 26.7. The van der Waals surface area contributed by atoms with Gasteiger partial charge in [0.15, 0.2) is 5.11 Å². The Labute approximate surface area is 389 Å². The molecule has 2 saturated heterocycles. The molecule has 4 aromatic carbocycles. The number of hydrogen-bond donors (Lipinski definition) is 2. The van der Waals surface area contributed by atoms with Gasteiger partial charge in [-0.1, -0.05) is 48.5 Å². The fourth-order valence-electron chi connectivity index (χ4n) is 7.78. The molecule has 2 N–H and O–H groups in total. The normalized spacial score (nSPS) is 15.8. The van der Waals surface area contributed by atoms with Crippen molar-refractivity contribution in [2.45, 2.75) is 63.8 Å². The maximum atomic E-state index is 13.7. The number of alkyl halides is 3. The van der Waals surface area contributed by atoms with Gasteiger partial charge in [0.2, 0.25) is 17.7 Å². The van der Waals surface area contributed by atoms with Crippen molar-refractivity contribution in [3.63, 3.8) is 0 Å². The quantitative estimate of drug-likeness (QED) is 0.0695. The SMILES string of the molecule is CC1(C)C(=O)N(c2ccc(C#N)c(C(F)(F)F)c2)C(=S)N1c1ccc(-c2ccc(OCCCCOCC(=O)NCC(=O)N3CCC[C@H]3C(=O)NCc3ccc(-c4cncs4)cc3)cc2)cc1. The molecule has 0 bridgehead atoms. The van der Waals surface area contributed by atoms with E-state index in [0.29, 0.717) is 63.4 Å². The van der Waals surface area contributed by atoms with E-state index in [4.69, 9.17) is 21.7 Å². The fourth-order valence-corrected chi connectivity index (χ4v) is 8.93. The van der Waals surface area contributed by atoms with Gasteiger partial charge in [-0.3, -0.25) is 29.1 Å². The number of carbonyl (C=O) groups excluding carboxylic acids is 4. The number of halogens is 3. The highest BCUT2D eigenvalue weighted by molar-refractivity contribution is 7.81. The van der Waals surface area contributed by atoms with Crippen LogP contribution in [0.5, 0.6) is 5.75 Å². The minimum Gasteiger partial charge on any atom is -0.494 e. The summed E-state index contributed by atoms with van der Waals surface area (Å²) in [5.74, 6) is -0.819. The van der Waals surface area contributed by atoms with E-state index >= 15 is 0 Å². The lowest BCUT2D eigenvalue weighted by Gasteiger charge is -2.29. The summed E-state index contributed by atoms with van der Waals surface area (Å²) in [7, 11) is 0. The Morgan fingerprint density at radius 2 is 1.59 bits per heavy atom. The summed E-state index contributed by atoms with van der Waals surface area (Å²) in [4.78, 5) is 61.3. The van der Waals surface area contributed by atoms with Crippen LogP contribution in [0.25, 0.3) is 21.6 Å². The van der Waals surface area contributed by atoms with Crippen LogP contribution in [0, 0.1) is 11.3 Å². The van der Waals surface area contributed by atoms with Gasteiger partial charge < -0.3 is 29.9 Å². The van der Waals surface area contributed by atoms with Gasteiger partial charge in [0.05, 0.1) is 46.4 Å². The lowest BCUT2D eigenvalue weighted by atomic mass is 10.0. The highest BCUT2D eigenvalue weighted by atomic mass is 32.1. The molecule has 3 heterocycles. The average Bonchev–Trinajstić information content (AvgIpc) is 4.07. The first-order valence-corrected chi connectivity index (χ1v) is 22.5. The molecule has 2 aliphatic rings. The second-order valence-corrected chi connectivity index (χ2v) is 17.4. The fraction of sp³-hybridized carbons (Fsp3) is 0.312. The van der Waals surface area contributed by atoms with E-state index in [0.717, 1.165) is 44.2 Å². The van der Waals surface area contributed by atoms with Crippen LogP contribution >= 0.6 is 23.6 Å². The smallest absolute Gasteiger partial charge is 0.417 e. The van der Waals surface area contributed by atoms with E-state index in [2.05, 4.69) is 15.6 Å². The molecule has 0 spiro atoms. The third-order valence-corrected chi connectivity index (χ3v) is 12.5. The maximum absolute atomic E-state index is 13.7. The van der Waals surface area contributed by atoms with Crippen LogP contribution in [0.15, 0.2) is 103 Å². The van der Waals surface area contributed by atoms with Crippen LogP contribution in [0.1, 0.15) is 56.2 Å². The molecule has 0 unspecified atom stereocenters. The second-order valence-electron chi connectivity index (χ2n) is 16.1. The molecular formula is C48H46F3N7O6S2. The minimum absolute atomic E-state index is 0.0103. The molecule has 66 heavy (non-hydrogen) atoms. The van der Waals surface area contributed by atoms with E-state index in [1.54, 1.807) is 53.8 Å². The van der Waals surface area contributed by atoms with Crippen LogP contribution in [-0.2, 0) is 36.6 Å². The molecular weight excluding hydrogens is 892 g/mol. The zero-order valence-corrected chi connectivity index (χ0v) is 37.7. The number of thiocarbonyl (C=S) groups is 1. The highest BCUT2D eigenvalue weighted by Gasteiger charge is 2.50. The topological polar surface area (TPSA) is 157 Å². The summed E-state index contributed by atoms with van der Waals surface area (Å²) in [5, 5.41) is 14.8. The number of carbonyl (C=O) groups is 4. The first-order chi connectivity index (χ1) is 31.6. The van der Waals surface area contributed by atoms with E-state index in [1.807, 2.05) is 66.9 Å². The van der Waals surface area contributed by atoms with Gasteiger partial charge in [-0.2, -0.15) is 18.4 Å². The molecule has 342 valence electrons. The first kappa shape index (κ1) is 47.3. The number of ether oxygens (including phenoxy) is 2. The number of nitrogens with one attached hydrogen (secondary N) is 2. The zero-order chi connectivity index (χ0) is 47.0. The van der Waals surface area contributed by atoms with Gasteiger partial charge in [-0.15, -0.1) is 11.3 Å². The van der Waals surface area contributed by atoms with Crippen molar-refractivity contribution >= 4 is 63.7 Å². The Bertz CT molecular complexity index is 2600. The molecule has 7 rings (SSSR count). The number of unbranched alkanes of at least 4 members (excludes halogenated alkanes) is 1. The van der Waals surface area contributed by atoms with Gasteiger partial charge in [0.1, 0.15) is 23.9 Å². The van der Waals surface area contributed by atoms with Crippen molar-refractivity contribution in [2.24, 2.45) is 0 Å². The monoisotopic (exact) mass is 937 g/mol. The van der Waals surface area contributed by atoms with Crippen LogP contribution in [0.2, 0.25) is 0 Å².